The van der Waals surface area contributed by atoms with E-state index < -0.39 is 12.2 Å². The SMILES string of the molecule is O=C(NCC1OC(Cc2cc(-c3ccccc3)on2)CCC1O)NC1CCCCC1. The fourth-order valence-corrected chi connectivity index (χ4v) is 4.34. The molecule has 162 valence electrons. The quantitative estimate of drug-likeness (QED) is 0.674. The van der Waals surface area contributed by atoms with E-state index in [1.807, 2.05) is 36.4 Å². The molecule has 0 spiro atoms. The maximum atomic E-state index is 12.2. The number of rotatable bonds is 6. The van der Waals surface area contributed by atoms with E-state index in [1.54, 1.807) is 0 Å². The van der Waals surface area contributed by atoms with Gasteiger partial charge in [-0.05, 0) is 25.7 Å². The average molecular weight is 414 g/mol. The van der Waals surface area contributed by atoms with E-state index in [0.29, 0.717) is 19.4 Å². The molecule has 1 saturated carbocycles. The largest absolute Gasteiger partial charge is 0.390 e. The topological polar surface area (TPSA) is 96.6 Å². The molecule has 30 heavy (non-hydrogen) atoms. The summed E-state index contributed by atoms with van der Waals surface area (Å²) >= 11 is 0. The summed E-state index contributed by atoms with van der Waals surface area (Å²) in [4.78, 5) is 12.2. The number of nitrogens with one attached hydrogen (secondary N) is 2. The van der Waals surface area contributed by atoms with Crippen LogP contribution in [0, 0.1) is 0 Å². The van der Waals surface area contributed by atoms with Crippen LogP contribution in [-0.4, -0.2) is 47.2 Å². The van der Waals surface area contributed by atoms with Crippen molar-refractivity contribution in [3.05, 3.63) is 42.1 Å². The lowest BCUT2D eigenvalue weighted by Crippen LogP contribution is -2.50. The smallest absolute Gasteiger partial charge is 0.315 e. The van der Waals surface area contributed by atoms with E-state index in [0.717, 1.165) is 36.3 Å². The number of benzene rings is 1. The molecule has 2 heterocycles. The van der Waals surface area contributed by atoms with Crippen molar-refractivity contribution in [2.45, 2.75) is 75.7 Å². The molecule has 3 N–H and O–H groups in total. The average Bonchev–Trinajstić information content (AvgIpc) is 3.24. The Bertz CT molecular complexity index is 804. The number of aliphatic hydroxyl groups excluding tert-OH is 1. The van der Waals surface area contributed by atoms with Crippen LogP contribution < -0.4 is 10.6 Å². The minimum absolute atomic E-state index is 0.0599. The van der Waals surface area contributed by atoms with Gasteiger partial charge in [0, 0.05) is 30.6 Å². The zero-order chi connectivity index (χ0) is 20.8. The summed E-state index contributed by atoms with van der Waals surface area (Å²) in [5, 5.41) is 20.4. The van der Waals surface area contributed by atoms with Gasteiger partial charge in [-0.1, -0.05) is 54.8 Å². The molecule has 0 radical (unpaired) electrons. The highest BCUT2D eigenvalue weighted by atomic mass is 16.5. The van der Waals surface area contributed by atoms with Gasteiger partial charge >= 0.3 is 6.03 Å². The Balaban J connectivity index is 1.26. The normalized spacial score (nSPS) is 25.0. The summed E-state index contributed by atoms with van der Waals surface area (Å²) in [5.41, 5.74) is 1.82. The van der Waals surface area contributed by atoms with E-state index >= 15 is 0 Å². The van der Waals surface area contributed by atoms with Crippen LogP contribution in [0.4, 0.5) is 4.79 Å². The van der Waals surface area contributed by atoms with Crippen molar-refractivity contribution in [2.75, 3.05) is 6.54 Å². The fourth-order valence-electron chi connectivity index (χ4n) is 4.34. The number of hydrogen-bond acceptors (Lipinski definition) is 5. The molecule has 1 aliphatic carbocycles. The second-order valence-corrected chi connectivity index (χ2v) is 8.38. The van der Waals surface area contributed by atoms with Gasteiger partial charge in [0.2, 0.25) is 0 Å². The van der Waals surface area contributed by atoms with E-state index in [-0.39, 0.29) is 18.2 Å². The molecule has 2 aromatic rings. The van der Waals surface area contributed by atoms with Gasteiger partial charge in [0.1, 0.15) is 6.10 Å². The van der Waals surface area contributed by atoms with Crippen LogP contribution in [0.3, 0.4) is 0 Å². The number of nitrogens with zero attached hydrogens (tertiary/aromatic N) is 1. The Morgan fingerprint density at radius 1 is 1.10 bits per heavy atom. The number of aliphatic hydroxyl groups is 1. The standard InChI is InChI=1S/C23H31N3O4/c27-20-12-11-19(13-18-14-21(30-26-18)16-7-3-1-4-8-16)29-22(20)15-24-23(28)25-17-9-5-2-6-10-17/h1,3-4,7-8,14,17,19-20,22,27H,2,5-6,9-13,15H2,(H2,24,25,28). The minimum atomic E-state index is -0.576. The van der Waals surface area contributed by atoms with Gasteiger partial charge in [-0.25, -0.2) is 4.79 Å². The molecule has 4 rings (SSSR count). The maximum absolute atomic E-state index is 12.2. The number of carbonyl (C=O) groups excluding carboxylic acids is 1. The molecule has 2 aliphatic rings. The third kappa shape index (κ3) is 5.61. The first-order valence-electron chi connectivity index (χ1n) is 11.1. The van der Waals surface area contributed by atoms with Gasteiger partial charge < -0.3 is 25.0 Å². The second-order valence-electron chi connectivity index (χ2n) is 8.38. The fraction of sp³-hybridized carbons (Fsp3) is 0.565. The molecule has 0 bridgehead atoms. The summed E-state index contributed by atoms with van der Waals surface area (Å²) in [7, 11) is 0. The monoisotopic (exact) mass is 413 g/mol. The van der Waals surface area contributed by atoms with E-state index in [4.69, 9.17) is 9.26 Å². The molecular weight excluding hydrogens is 382 g/mol. The van der Waals surface area contributed by atoms with Gasteiger partial charge in [-0.3, -0.25) is 0 Å². The molecule has 1 aromatic heterocycles. The van der Waals surface area contributed by atoms with Gasteiger partial charge in [0.25, 0.3) is 0 Å². The summed E-state index contributed by atoms with van der Waals surface area (Å²) in [6.45, 7) is 0.296. The number of urea groups is 1. The van der Waals surface area contributed by atoms with Crippen LogP contribution in [0.15, 0.2) is 40.9 Å². The van der Waals surface area contributed by atoms with Crippen LogP contribution in [0.25, 0.3) is 11.3 Å². The highest BCUT2D eigenvalue weighted by Crippen LogP contribution is 2.25. The van der Waals surface area contributed by atoms with Crippen molar-refractivity contribution in [3.63, 3.8) is 0 Å². The van der Waals surface area contributed by atoms with E-state index in [2.05, 4.69) is 15.8 Å². The molecular formula is C23H31N3O4. The third-order valence-corrected chi connectivity index (χ3v) is 6.04. The van der Waals surface area contributed by atoms with Crippen LogP contribution >= 0.6 is 0 Å². The van der Waals surface area contributed by atoms with Crippen molar-refractivity contribution >= 4 is 6.03 Å². The number of amides is 2. The molecule has 7 nitrogen and oxygen atoms in total. The van der Waals surface area contributed by atoms with Crippen molar-refractivity contribution in [1.29, 1.82) is 0 Å². The molecule has 1 saturated heterocycles. The van der Waals surface area contributed by atoms with Crippen LogP contribution in [0.5, 0.6) is 0 Å². The molecule has 1 aromatic carbocycles. The third-order valence-electron chi connectivity index (χ3n) is 6.04. The predicted molar refractivity (Wildman–Crippen MR) is 113 cm³/mol. The van der Waals surface area contributed by atoms with Crippen molar-refractivity contribution in [2.24, 2.45) is 0 Å². The Labute approximate surface area is 177 Å². The zero-order valence-corrected chi connectivity index (χ0v) is 17.3. The highest BCUT2D eigenvalue weighted by molar-refractivity contribution is 5.74. The number of aromatic nitrogens is 1. The van der Waals surface area contributed by atoms with Crippen LogP contribution in [-0.2, 0) is 11.2 Å². The Morgan fingerprint density at radius 2 is 1.90 bits per heavy atom. The van der Waals surface area contributed by atoms with Crippen molar-refractivity contribution < 1.29 is 19.2 Å². The molecule has 3 unspecified atom stereocenters. The summed E-state index contributed by atoms with van der Waals surface area (Å²) < 4.78 is 11.6. The van der Waals surface area contributed by atoms with Gasteiger partial charge in [0.15, 0.2) is 5.76 Å². The lowest BCUT2D eigenvalue weighted by molar-refractivity contribution is -0.113. The van der Waals surface area contributed by atoms with Crippen LogP contribution in [0.1, 0.15) is 50.6 Å². The lowest BCUT2D eigenvalue weighted by atomic mass is 9.96. The Morgan fingerprint density at radius 3 is 2.70 bits per heavy atom. The van der Waals surface area contributed by atoms with Crippen LogP contribution in [0.2, 0.25) is 0 Å². The van der Waals surface area contributed by atoms with Gasteiger partial charge in [-0.15, -0.1) is 0 Å². The summed E-state index contributed by atoms with van der Waals surface area (Å²) in [6, 6.07) is 11.9. The molecule has 7 heteroatoms. The van der Waals surface area contributed by atoms with E-state index in [1.165, 1.54) is 19.3 Å². The lowest BCUT2D eigenvalue weighted by Gasteiger charge is -2.34. The highest BCUT2D eigenvalue weighted by Gasteiger charge is 2.31. The van der Waals surface area contributed by atoms with Crippen molar-refractivity contribution in [3.8, 4) is 11.3 Å². The predicted octanol–water partition coefficient (Wildman–Crippen LogP) is 3.42. The van der Waals surface area contributed by atoms with Gasteiger partial charge in [0.05, 0.1) is 17.9 Å². The summed E-state index contributed by atoms with van der Waals surface area (Å²) in [6.07, 6.45) is 6.64. The minimum Gasteiger partial charge on any atom is -0.390 e. The maximum Gasteiger partial charge on any atom is 0.315 e. The zero-order valence-electron chi connectivity index (χ0n) is 17.3. The first-order valence-corrected chi connectivity index (χ1v) is 11.1. The number of hydrogen-bond donors (Lipinski definition) is 3. The Kier molecular flexibility index (Phi) is 7.02. The first-order chi connectivity index (χ1) is 14.7. The second kappa shape index (κ2) is 10.1. The molecule has 2 amide bonds. The van der Waals surface area contributed by atoms with E-state index in [9.17, 15) is 9.90 Å². The first kappa shape index (κ1) is 20.9. The molecule has 2 fully saturated rings. The van der Waals surface area contributed by atoms with Gasteiger partial charge in [-0.2, -0.15) is 0 Å². The Hall–Kier alpha value is -2.38. The summed E-state index contributed by atoms with van der Waals surface area (Å²) in [5.74, 6) is 0.735. The molecule has 3 atom stereocenters. The number of ether oxygens (including phenoxy) is 1. The molecule has 1 aliphatic heterocycles. The van der Waals surface area contributed by atoms with Crippen molar-refractivity contribution in [1.82, 2.24) is 15.8 Å². The number of carbonyl (C=O) groups is 1.